The topological polar surface area (TPSA) is 86.8 Å². The molecule has 1 aromatic rings. The summed E-state index contributed by atoms with van der Waals surface area (Å²) in [4.78, 5) is 27.6. The number of amides is 1. The number of methoxy groups -OCH3 is 3. The minimum Gasteiger partial charge on any atom is -0.493 e. The molecule has 0 atom stereocenters. The van der Waals surface area contributed by atoms with Gasteiger partial charge in [0.1, 0.15) is 5.60 Å². The highest BCUT2D eigenvalue weighted by Crippen LogP contribution is 2.38. The van der Waals surface area contributed by atoms with Crippen LogP contribution >= 0.6 is 0 Å². The lowest BCUT2D eigenvalue weighted by Gasteiger charge is -2.26. The van der Waals surface area contributed by atoms with E-state index in [9.17, 15) is 9.59 Å². The van der Waals surface area contributed by atoms with E-state index in [1.807, 2.05) is 27.8 Å². The molecule has 0 heterocycles. The van der Waals surface area contributed by atoms with Gasteiger partial charge in [0.2, 0.25) is 5.75 Å². The number of esters is 1. The normalized spacial score (nSPS) is 11.4. The summed E-state index contributed by atoms with van der Waals surface area (Å²) >= 11 is 0. The summed E-state index contributed by atoms with van der Waals surface area (Å²) in [6.45, 7) is 7.77. The van der Waals surface area contributed by atoms with Gasteiger partial charge < -0.3 is 33.5 Å². The quantitative estimate of drug-likeness (QED) is 0.263. The Bertz CT molecular complexity index is 777. The lowest BCUT2D eigenvalue weighted by molar-refractivity contribution is -0.137. The van der Waals surface area contributed by atoms with Crippen LogP contribution in [0.3, 0.4) is 0 Å². The van der Waals surface area contributed by atoms with Gasteiger partial charge in [-0.2, -0.15) is 0 Å². The maximum absolute atomic E-state index is 12.0. The lowest BCUT2D eigenvalue weighted by Crippen LogP contribution is -2.38. The van der Waals surface area contributed by atoms with E-state index in [0.29, 0.717) is 43.4 Å². The lowest BCUT2D eigenvalue weighted by atomic mass is 10.1. The molecule has 9 heteroatoms. The Morgan fingerprint density at radius 1 is 0.939 bits per heavy atom. The fourth-order valence-corrected chi connectivity index (χ4v) is 2.78. The van der Waals surface area contributed by atoms with Crippen LogP contribution in [-0.2, 0) is 14.3 Å². The van der Waals surface area contributed by atoms with E-state index in [2.05, 4.69) is 4.90 Å². The van der Waals surface area contributed by atoms with Gasteiger partial charge in [0.15, 0.2) is 11.5 Å². The van der Waals surface area contributed by atoms with Gasteiger partial charge in [-0.25, -0.2) is 9.59 Å². The molecule has 0 aromatic heterocycles. The molecule has 0 N–H and O–H groups in total. The van der Waals surface area contributed by atoms with Crippen molar-refractivity contribution in [2.24, 2.45) is 0 Å². The first-order valence-corrected chi connectivity index (χ1v) is 10.8. The van der Waals surface area contributed by atoms with Gasteiger partial charge in [-0.05, 0) is 58.0 Å². The fraction of sp³-hybridized carbons (Fsp3) is 0.583. The van der Waals surface area contributed by atoms with E-state index in [1.54, 1.807) is 30.2 Å². The highest BCUT2D eigenvalue weighted by molar-refractivity contribution is 5.87. The number of hydrogen-bond acceptors (Lipinski definition) is 8. The van der Waals surface area contributed by atoms with Crippen LogP contribution in [0.4, 0.5) is 4.79 Å². The van der Waals surface area contributed by atoms with E-state index in [4.69, 9.17) is 23.7 Å². The molecule has 0 aliphatic heterocycles. The Balaban J connectivity index is 2.40. The first kappa shape index (κ1) is 28.1. The van der Waals surface area contributed by atoms with Gasteiger partial charge in [0.05, 0.1) is 27.9 Å². The number of nitrogens with zero attached hydrogens (tertiary/aromatic N) is 2. The van der Waals surface area contributed by atoms with Gasteiger partial charge in [0, 0.05) is 32.8 Å². The Hall–Kier alpha value is -2.94. The summed E-state index contributed by atoms with van der Waals surface area (Å²) in [6, 6.07) is 3.49. The molecule has 1 rings (SSSR count). The Morgan fingerprint density at radius 3 is 2.06 bits per heavy atom. The fourth-order valence-electron chi connectivity index (χ4n) is 2.78. The Morgan fingerprint density at radius 2 is 1.55 bits per heavy atom. The molecule has 0 saturated carbocycles. The second-order valence-electron chi connectivity index (χ2n) is 8.52. The minimum atomic E-state index is -0.513. The molecule has 0 fully saturated rings. The average molecular weight is 467 g/mol. The van der Waals surface area contributed by atoms with E-state index in [-0.39, 0.29) is 6.09 Å². The van der Waals surface area contributed by atoms with Gasteiger partial charge in [0.25, 0.3) is 0 Å². The van der Waals surface area contributed by atoms with E-state index in [0.717, 1.165) is 12.1 Å². The van der Waals surface area contributed by atoms with Crippen LogP contribution in [0.1, 0.15) is 32.8 Å². The standard InChI is InChI=1S/C24H38N2O7/c1-24(2,3)33-23(28)26(5)14-13-25(4)12-9-15-32-21(27)11-10-18-16-19(29-6)22(31-8)20(17-18)30-7/h10-11,16-17H,9,12-15H2,1-8H3/b11-10+. The largest absolute Gasteiger partial charge is 0.493 e. The second-order valence-corrected chi connectivity index (χ2v) is 8.52. The highest BCUT2D eigenvalue weighted by Gasteiger charge is 2.19. The van der Waals surface area contributed by atoms with Crippen molar-refractivity contribution in [3.05, 3.63) is 23.8 Å². The molecule has 1 aromatic carbocycles. The number of rotatable bonds is 12. The zero-order chi connectivity index (χ0) is 25.0. The summed E-state index contributed by atoms with van der Waals surface area (Å²) in [7, 11) is 8.26. The number of carbonyl (C=O) groups is 2. The van der Waals surface area contributed by atoms with Crippen molar-refractivity contribution in [3.8, 4) is 17.2 Å². The summed E-state index contributed by atoms with van der Waals surface area (Å²) < 4.78 is 26.5. The Labute approximate surface area is 197 Å². The van der Waals surface area contributed by atoms with Gasteiger partial charge >= 0.3 is 12.1 Å². The smallest absolute Gasteiger partial charge is 0.410 e. The predicted molar refractivity (Wildman–Crippen MR) is 127 cm³/mol. The highest BCUT2D eigenvalue weighted by atomic mass is 16.6. The van der Waals surface area contributed by atoms with Crippen molar-refractivity contribution in [3.63, 3.8) is 0 Å². The van der Waals surface area contributed by atoms with Crippen LogP contribution in [-0.4, -0.2) is 89.1 Å². The SMILES string of the molecule is COc1cc(/C=C/C(=O)OCCCN(C)CCN(C)C(=O)OC(C)(C)C)cc(OC)c1OC. The Kier molecular flexibility index (Phi) is 11.6. The number of likely N-dealkylation sites (N-methyl/N-ethyl adjacent to an activating group) is 2. The predicted octanol–water partition coefficient (Wildman–Crippen LogP) is 3.46. The monoisotopic (exact) mass is 466 g/mol. The van der Waals surface area contributed by atoms with Crippen LogP contribution in [0, 0.1) is 0 Å². The molecule has 0 unspecified atom stereocenters. The van der Waals surface area contributed by atoms with E-state index >= 15 is 0 Å². The molecule has 0 aliphatic rings. The third-order valence-corrected chi connectivity index (χ3v) is 4.55. The molecule has 0 bridgehead atoms. The number of benzene rings is 1. The average Bonchev–Trinajstić information content (AvgIpc) is 2.76. The van der Waals surface area contributed by atoms with Gasteiger partial charge in [-0.1, -0.05) is 0 Å². The third-order valence-electron chi connectivity index (χ3n) is 4.55. The summed E-state index contributed by atoms with van der Waals surface area (Å²) in [5, 5.41) is 0. The maximum Gasteiger partial charge on any atom is 0.410 e. The molecule has 0 radical (unpaired) electrons. The van der Waals surface area contributed by atoms with Crippen molar-refractivity contribution < 1.29 is 33.3 Å². The van der Waals surface area contributed by atoms with E-state index in [1.165, 1.54) is 27.4 Å². The van der Waals surface area contributed by atoms with Crippen LogP contribution < -0.4 is 14.2 Å². The molecule has 186 valence electrons. The molecule has 1 amide bonds. The van der Waals surface area contributed by atoms with Crippen LogP contribution in [0.15, 0.2) is 18.2 Å². The second kappa shape index (κ2) is 13.6. The first-order chi connectivity index (χ1) is 15.5. The first-order valence-electron chi connectivity index (χ1n) is 10.8. The third kappa shape index (κ3) is 10.5. The molecular formula is C24H38N2O7. The molecule has 9 nitrogen and oxygen atoms in total. The van der Waals surface area contributed by atoms with Crippen molar-refractivity contribution in [2.45, 2.75) is 32.8 Å². The summed E-state index contributed by atoms with van der Waals surface area (Å²) in [5.74, 6) is 1.06. The number of carbonyl (C=O) groups excluding carboxylic acids is 2. The molecule has 33 heavy (non-hydrogen) atoms. The van der Waals surface area contributed by atoms with Gasteiger partial charge in [-0.15, -0.1) is 0 Å². The zero-order valence-electron chi connectivity index (χ0n) is 21.1. The number of hydrogen-bond donors (Lipinski definition) is 0. The molecule has 0 aliphatic carbocycles. The molecule has 0 saturated heterocycles. The van der Waals surface area contributed by atoms with Crippen LogP contribution in [0.5, 0.6) is 17.2 Å². The van der Waals surface area contributed by atoms with Crippen molar-refractivity contribution in [2.75, 3.05) is 61.7 Å². The molecular weight excluding hydrogens is 428 g/mol. The van der Waals surface area contributed by atoms with Gasteiger partial charge in [-0.3, -0.25) is 0 Å². The van der Waals surface area contributed by atoms with Crippen molar-refractivity contribution in [1.29, 1.82) is 0 Å². The maximum atomic E-state index is 12.0. The van der Waals surface area contributed by atoms with Crippen LogP contribution in [0.2, 0.25) is 0 Å². The van der Waals surface area contributed by atoms with Crippen molar-refractivity contribution in [1.82, 2.24) is 9.80 Å². The summed E-state index contributed by atoms with van der Waals surface area (Å²) in [6.07, 6.45) is 3.32. The zero-order valence-corrected chi connectivity index (χ0v) is 21.1. The van der Waals surface area contributed by atoms with E-state index < -0.39 is 11.6 Å². The number of ether oxygens (including phenoxy) is 5. The summed E-state index contributed by atoms with van der Waals surface area (Å²) in [5.41, 5.74) is 0.205. The van der Waals surface area contributed by atoms with Crippen LogP contribution in [0.25, 0.3) is 6.08 Å². The van der Waals surface area contributed by atoms with Crippen molar-refractivity contribution >= 4 is 18.1 Å². The minimum absolute atomic E-state index is 0.296. The molecule has 0 spiro atoms.